The third kappa shape index (κ3) is 4.41. The molecule has 9 rings (SSSR count). The van der Waals surface area contributed by atoms with Crippen molar-refractivity contribution in [1.29, 1.82) is 0 Å². The van der Waals surface area contributed by atoms with Crippen molar-refractivity contribution >= 4 is 60.7 Å². The van der Waals surface area contributed by atoms with Crippen molar-refractivity contribution in [2.45, 2.75) is 0 Å². The van der Waals surface area contributed by atoms with Gasteiger partial charge in [0.2, 0.25) is 5.71 Å². The highest BCUT2D eigenvalue weighted by atomic mass is 16.3. The van der Waals surface area contributed by atoms with Gasteiger partial charge in [0.05, 0.1) is 5.69 Å². The molecule has 0 spiro atoms. The second kappa shape index (κ2) is 10.8. The minimum Gasteiger partial charge on any atom is -0.437 e. The average molecular weight is 589 g/mol. The maximum Gasteiger partial charge on any atom is 0.227 e. The molecule has 0 aliphatic heterocycles. The Morgan fingerprint density at radius 1 is 0.413 bits per heavy atom. The van der Waals surface area contributed by atoms with Crippen molar-refractivity contribution in [1.82, 2.24) is 4.98 Å². The number of fused-ring (bicyclic) bond motifs is 6. The van der Waals surface area contributed by atoms with Gasteiger partial charge >= 0.3 is 0 Å². The Bertz CT molecular complexity index is 2510. The molecule has 0 aliphatic carbocycles. The van der Waals surface area contributed by atoms with Crippen LogP contribution in [0.25, 0.3) is 65.9 Å². The first-order valence-electron chi connectivity index (χ1n) is 15.5. The van der Waals surface area contributed by atoms with Crippen molar-refractivity contribution in [3.8, 4) is 22.3 Å². The van der Waals surface area contributed by atoms with E-state index in [2.05, 4.69) is 168 Å². The summed E-state index contributed by atoms with van der Waals surface area (Å²) in [6.45, 7) is 0. The van der Waals surface area contributed by atoms with E-state index in [9.17, 15) is 0 Å². The van der Waals surface area contributed by atoms with Crippen LogP contribution in [-0.4, -0.2) is 4.98 Å². The largest absolute Gasteiger partial charge is 0.437 e. The Morgan fingerprint density at radius 2 is 1.04 bits per heavy atom. The van der Waals surface area contributed by atoms with Crippen LogP contribution in [0.2, 0.25) is 0 Å². The Balaban J connectivity index is 1.12. The topological polar surface area (TPSA) is 29.3 Å². The lowest BCUT2D eigenvalue weighted by Crippen LogP contribution is -2.10. The molecule has 0 saturated heterocycles. The van der Waals surface area contributed by atoms with E-state index in [4.69, 9.17) is 4.42 Å². The number of nitrogens with zero attached hydrogens (tertiary/aromatic N) is 2. The summed E-state index contributed by atoms with van der Waals surface area (Å²) < 4.78 is 6.18. The summed E-state index contributed by atoms with van der Waals surface area (Å²) in [4.78, 5) is 6.78. The molecule has 0 saturated carbocycles. The zero-order valence-corrected chi connectivity index (χ0v) is 25.0. The lowest BCUT2D eigenvalue weighted by Gasteiger charge is -2.27. The van der Waals surface area contributed by atoms with Gasteiger partial charge in [-0.05, 0) is 93.7 Å². The van der Waals surface area contributed by atoms with Crippen molar-refractivity contribution in [3.63, 3.8) is 0 Å². The maximum atomic E-state index is 6.18. The van der Waals surface area contributed by atoms with Gasteiger partial charge in [-0.15, -0.1) is 0 Å². The molecular formula is C43H28N2O. The van der Waals surface area contributed by atoms with Gasteiger partial charge in [-0.3, -0.25) is 0 Å². The van der Waals surface area contributed by atoms with E-state index >= 15 is 0 Å². The molecule has 7 aromatic carbocycles. The monoisotopic (exact) mass is 588 g/mol. The highest BCUT2D eigenvalue weighted by Gasteiger charge is 2.16. The molecule has 9 aromatic rings. The Labute approximate surface area is 266 Å². The molecule has 0 atom stereocenters. The molecule has 46 heavy (non-hydrogen) atoms. The number of hydrogen-bond donors (Lipinski definition) is 0. The Hall–Kier alpha value is -6.19. The fourth-order valence-corrected chi connectivity index (χ4v) is 6.64. The van der Waals surface area contributed by atoms with Gasteiger partial charge < -0.3 is 9.32 Å². The fraction of sp³-hybridized carbons (Fsp3) is 0. The van der Waals surface area contributed by atoms with E-state index in [0.29, 0.717) is 5.71 Å². The minimum absolute atomic E-state index is 0.676. The molecule has 216 valence electrons. The number of furan rings is 1. The highest BCUT2D eigenvalue weighted by Crippen LogP contribution is 2.41. The number of hydrogen-bond acceptors (Lipinski definition) is 3. The molecule has 0 bridgehead atoms. The lowest BCUT2D eigenvalue weighted by molar-refractivity contribution is 0.657. The van der Waals surface area contributed by atoms with Crippen LogP contribution in [-0.2, 0) is 0 Å². The van der Waals surface area contributed by atoms with Gasteiger partial charge in [0, 0.05) is 39.1 Å². The molecular weight excluding hydrogens is 560 g/mol. The van der Waals surface area contributed by atoms with E-state index in [1.54, 1.807) is 6.20 Å². The fourth-order valence-electron chi connectivity index (χ4n) is 6.64. The third-order valence-electron chi connectivity index (χ3n) is 8.93. The summed E-state index contributed by atoms with van der Waals surface area (Å²) in [6.07, 6.45) is 1.77. The van der Waals surface area contributed by atoms with Gasteiger partial charge in [0.1, 0.15) is 5.58 Å². The van der Waals surface area contributed by atoms with Gasteiger partial charge in [0.15, 0.2) is 0 Å². The molecule has 3 heteroatoms. The quantitative estimate of drug-likeness (QED) is 0.200. The maximum absolute atomic E-state index is 6.18. The van der Waals surface area contributed by atoms with E-state index in [0.717, 1.165) is 55.3 Å². The number of anilines is 3. The minimum atomic E-state index is 0.676. The molecule has 0 unspecified atom stereocenters. The number of benzene rings is 7. The van der Waals surface area contributed by atoms with Crippen molar-refractivity contribution in [3.05, 3.63) is 170 Å². The number of aromatic nitrogens is 1. The molecule has 0 amide bonds. The highest BCUT2D eigenvalue weighted by molar-refractivity contribution is 6.14. The number of pyridine rings is 1. The molecule has 2 aromatic heterocycles. The van der Waals surface area contributed by atoms with E-state index in [1.807, 2.05) is 6.07 Å². The van der Waals surface area contributed by atoms with Crippen molar-refractivity contribution < 1.29 is 4.42 Å². The van der Waals surface area contributed by atoms with E-state index in [-0.39, 0.29) is 0 Å². The first kappa shape index (κ1) is 26.2. The van der Waals surface area contributed by atoms with Crippen LogP contribution in [0.15, 0.2) is 174 Å². The first-order valence-corrected chi connectivity index (χ1v) is 15.5. The normalized spacial score (nSPS) is 11.5. The summed E-state index contributed by atoms with van der Waals surface area (Å²) in [6, 6.07) is 58.3. The summed E-state index contributed by atoms with van der Waals surface area (Å²) in [5.74, 6) is 0. The standard InChI is InChI=1S/C43H28N2O/c1-2-8-29(9-3-1)30-15-21-35(22-16-30)45(41-14-6-11-32-10-4-5-12-37(32)41)36-23-17-31(18-24-36)33-19-25-38-34(28-33)20-26-39-40-13-7-27-44-43(40)46-42(38)39/h1-28H. The van der Waals surface area contributed by atoms with Gasteiger partial charge in [0.25, 0.3) is 0 Å². The van der Waals surface area contributed by atoms with Crippen LogP contribution in [0.4, 0.5) is 17.1 Å². The second-order valence-electron chi connectivity index (χ2n) is 11.6. The molecule has 0 radical (unpaired) electrons. The zero-order valence-electron chi connectivity index (χ0n) is 25.0. The third-order valence-corrected chi connectivity index (χ3v) is 8.93. The molecule has 3 nitrogen and oxygen atoms in total. The van der Waals surface area contributed by atoms with Crippen molar-refractivity contribution in [2.75, 3.05) is 4.90 Å². The second-order valence-corrected chi connectivity index (χ2v) is 11.6. The molecule has 0 aliphatic rings. The summed E-state index contributed by atoms with van der Waals surface area (Å²) >= 11 is 0. The van der Waals surface area contributed by atoms with Crippen LogP contribution >= 0.6 is 0 Å². The number of rotatable bonds is 5. The summed E-state index contributed by atoms with van der Waals surface area (Å²) in [7, 11) is 0. The Kier molecular flexibility index (Phi) is 6.14. The summed E-state index contributed by atoms with van der Waals surface area (Å²) in [5.41, 5.74) is 9.66. The van der Waals surface area contributed by atoms with E-state index in [1.165, 1.54) is 21.9 Å². The summed E-state index contributed by atoms with van der Waals surface area (Å²) in [5, 5.41) is 6.80. The van der Waals surface area contributed by atoms with Crippen LogP contribution in [0.1, 0.15) is 0 Å². The molecule has 2 heterocycles. The van der Waals surface area contributed by atoms with Gasteiger partial charge in [-0.2, -0.15) is 0 Å². The van der Waals surface area contributed by atoms with Gasteiger partial charge in [-0.25, -0.2) is 4.98 Å². The SMILES string of the molecule is c1ccc(-c2ccc(N(c3ccc(-c4ccc5c(ccc6c7cccnc7oc56)c4)cc3)c3cccc4ccccc34)cc2)cc1. The average Bonchev–Trinajstić information content (AvgIpc) is 3.52. The van der Waals surface area contributed by atoms with E-state index < -0.39 is 0 Å². The van der Waals surface area contributed by atoms with Gasteiger partial charge in [-0.1, -0.05) is 103 Å². The Morgan fingerprint density at radius 3 is 1.85 bits per heavy atom. The van der Waals surface area contributed by atoms with Crippen molar-refractivity contribution in [2.24, 2.45) is 0 Å². The van der Waals surface area contributed by atoms with Crippen LogP contribution < -0.4 is 4.90 Å². The van der Waals surface area contributed by atoms with Crippen LogP contribution in [0, 0.1) is 0 Å². The zero-order chi connectivity index (χ0) is 30.5. The van der Waals surface area contributed by atoms with Crippen LogP contribution in [0.3, 0.4) is 0 Å². The molecule has 0 fully saturated rings. The predicted molar refractivity (Wildman–Crippen MR) is 192 cm³/mol. The first-order chi connectivity index (χ1) is 22.8. The molecule has 0 N–H and O–H groups in total. The smallest absolute Gasteiger partial charge is 0.227 e. The van der Waals surface area contributed by atoms with Crippen LogP contribution in [0.5, 0.6) is 0 Å². The lowest BCUT2D eigenvalue weighted by atomic mass is 9.99. The predicted octanol–water partition coefficient (Wildman–Crippen LogP) is 12.1.